The van der Waals surface area contributed by atoms with E-state index in [1.165, 1.54) is 0 Å². The average Bonchev–Trinajstić information content (AvgIpc) is 2.01. The second kappa shape index (κ2) is 4.92. The number of rotatable bonds is 4. The summed E-state index contributed by atoms with van der Waals surface area (Å²) in [4.78, 5) is 0. The first-order valence-corrected chi connectivity index (χ1v) is 4.28. The predicted molar refractivity (Wildman–Crippen MR) is 58.1 cm³/mol. The van der Waals surface area contributed by atoms with Gasteiger partial charge in [-0.25, -0.2) is 14.6 Å². The van der Waals surface area contributed by atoms with Crippen LogP contribution in [0.15, 0.2) is 11.4 Å². The van der Waals surface area contributed by atoms with E-state index in [1.807, 2.05) is 0 Å². The monoisotopic (exact) mass is 209 g/mol. The molecule has 0 aliphatic carbocycles. The number of hydrogen-bond acceptors (Lipinski definition) is 3. The van der Waals surface area contributed by atoms with Crippen molar-refractivity contribution in [2.75, 3.05) is 0 Å². The zero-order chi connectivity index (χ0) is 12.4. The van der Waals surface area contributed by atoms with Gasteiger partial charge in [-0.15, -0.1) is 0 Å². The van der Waals surface area contributed by atoms with Crippen LogP contribution in [0.2, 0.25) is 0 Å². The SMILES string of the molecule is [B]C([B])([B])N(N)/C(=C(\N)C(C)C)C(F)F. The van der Waals surface area contributed by atoms with Crippen LogP contribution in [-0.4, -0.2) is 40.2 Å². The first kappa shape index (κ1) is 14.4. The summed E-state index contributed by atoms with van der Waals surface area (Å²) in [5, 5.41) is -1.70. The number of allylic oxidation sites excluding steroid dienone is 2. The summed E-state index contributed by atoms with van der Waals surface area (Å²) < 4.78 is 25.3. The largest absolute Gasteiger partial charge is 0.400 e. The zero-order valence-electron chi connectivity index (χ0n) is 8.74. The number of nitrogens with zero attached hydrogens (tertiary/aromatic N) is 1. The Balaban J connectivity index is 5.26. The molecule has 8 heteroatoms. The molecule has 0 aromatic heterocycles. The second-order valence-electron chi connectivity index (χ2n) is 3.55. The van der Waals surface area contributed by atoms with Crippen LogP contribution in [-0.2, 0) is 0 Å². The molecule has 6 radical (unpaired) electrons. The van der Waals surface area contributed by atoms with Crippen molar-refractivity contribution in [3.63, 3.8) is 0 Å². The highest BCUT2D eigenvalue weighted by atomic mass is 19.3. The molecule has 0 saturated heterocycles. The fourth-order valence-corrected chi connectivity index (χ4v) is 0.875. The van der Waals surface area contributed by atoms with E-state index in [9.17, 15) is 8.78 Å². The highest BCUT2D eigenvalue weighted by Crippen LogP contribution is 2.21. The summed E-state index contributed by atoms with van der Waals surface area (Å²) in [6.45, 7) is 3.27. The summed E-state index contributed by atoms with van der Waals surface area (Å²) in [6, 6.07) is 0. The molecule has 78 valence electrons. The Labute approximate surface area is 92.4 Å². The van der Waals surface area contributed by atoms with Crippen molar-refractivity contribution < 1.29 is 8.78 Å². The third-order valence-electron chi connectivity index (χ3n) is 1.80. The van der Waals surface area contributed by atoms with Gasteiger partial charge in [0.05, 0.1) is 23.5 Å². The first-order chi connectivity index (χ1) is 6.59. The van der Waals surface area contributed by atoms with Crippen LogP contribution in [0, 0.1) is 5.92 Å². The molecule has 15 heavy (non-hydrogen) atoms. The second-order valence-corrected chi connectivity index (χ2v) is 3.55. The summed E-state index contributed by atoms with van der Waals surface area (Å²) in [7, 11) is 15.6. The molecular weight excluding hydrogens is 197 g/mol. The van der Waals surface area contributed by atoms with E-state index in [0.717, 1.165) is 0 Å². The van der Waals surface area contributed by atoms with E-state index in [2.05, 4.69) is 0 Å². The van der Waals surface area contributed by atoms with E-state index in [0.29, 0.717) is 5.01 Å². The molecule has 0 atom stereocenters. The maximum atomic E-state index is 12.7. The van der Waals surface area contributed by atoms with Crippen LogP contribution in [0.4, 0.5) is 8.78 Å². The summed E-state index contributed by atoms with van der Waals surface area (Å²) in [5.41, 5.74) is 4.72. The molecule has 0 saturated carbocycles. The topological polar surface area (TPSA) is 55.3 Å². The van der Waals surface area contributed by atoms with Crippen LogP contribution >= 0.6 is 0 Å². The van der Waals surface area contributed by atoms with Gasteiger partial charge >= 0.3 is 0 Å². The molecule has 0 aromatic carbocycles. The van der Waals surface area contributed by atoms with Crippen molar-refractivity contribution in [3.8, 4) is 0 Å². The lowest BCUT2D eigenvalue weighted by Crippen LogP contribution is -2.56. The van der Waals surface area contributed by atoms with Crippen molar-refractivity contribution in [2.24, 2.45) is 17.5 Å². The Morgan fingerprint density at radius 2 is 1.67 bits per heavy atom. The van der Waals surface area contributed by atoms with E-state index in [1.54, 1.807) is 13.8 Å². The fourth-order valence-electron chi connectivity index (χ4n) is 0.875. The van der Waals surface area contributed by atoms with Crippen molar-refractivity contribution in [1.29, 1.82) is 0 Å². The number of alkyl halides is 2. The van der Waals surface area contributed by atoms with Crippen LogP contribution in [0.1, 0.15) is 13.8 Å². The highest BCUT2D eigenvalue weighted by Gasteiger charge is 2.28. The molecule has 0 fully saturated rings. The van der Waals surface area contributed by atoms with Gasteiger partial charge in [-0.2, -0.15) is 0 Å². The Morgan fingerprint density at radius 3 is 1.87 bits per heavy atom. The van der Waals surface area contributed by atoms with Gasteiger partial charge in [-0.05, 0) is 5.92 Å². The van der Waals surface area contributed by atoms with Gasteiger partial charge < -0.3 is 10.7 Å². The van der Waals surface area contributed by atoms with Crippen molar-refractivity contribution in [1.82, 2.24) is 5.01 Å². The normalized spacial score (nSPS) is 14.3. The van der Waals surface area contributed by atoms with Crippen LogP contribution in [0.3, 0.4) is 0 Å². The Morgan fingerprint density at radius 1 is 1.27 bits per heavy atom. The minimum atomic E-state index is -2.90. The Bertz CT molecular complexity index is 250. The molecule has 3 nitrogen and oxygen atoms in total. The lowest BCUT2D eigenvalue weighted by Gasteiger charge is -2.37. The van der Waals surface area contributed by atoms with Gasteiger partial charge in [-0.1, -0.05) is 19.1 Å². The Hall–Kier alpha value is -0.645. The number of hydrazine groups is 1. The quantitative estimate of drug-likeness (QED) is 0.368. The molecule has 0 aliphatic heterocycles. The molecule has 0 aliphatic rings. The average molecular weight is 209 g/mol. The van der Waals surface area contributed by atoms with Crippen molar-refractivity contribution in [2.45, 2.75) is 25.5 Å². The molecule has 0 heterocycles. The molecule has 0 bridgehead atoms. The van der Waals surface area contributed by atoms with Crippen LogP contribution in [0.5, 0.6) is 0 Å². The lowest BCUT2D eigenvalue weighted by molar-refractivity contribution is 0.134. The number of halogens is 2. The molecule has 0 aromatic rings. The maximum Gasteiger partial charge on any atom is 0.281 e. The van der Waals surface area contributed by atoms with Gasteiger partial charge in [0, 0.05) is 5.70 Å². The van der Waals surface area contributed by atoms with Crippen molar-refractivity contribution in [3.05, 3.63) is 11.4 Å². The molecule has 0 amide bonds. The Kier molecular flexibility index (Phi) is 4.71. The molecular formula is C7H12B3F2N3. The van der Waals surface area contributed by atoms with Gasteiger partial charge in [0.15, 0.2) is 0 Å². The van der Waals surface area contributed by atoms with E-state index in [-0.39, 0.29) is 11.6 Å². The summed E-state index contributed by atoms with van der Waals surface area (Å²) >= 11 is 0. The third-order valence-corrected chi connectivity index (χ3v) is 1.80. The summed E-state index contributed by atoms with van der Waals surface area (Å²) in [6.07, 6.45) is -2.90. The van der Waals surface area contributed by atoms with E-state index < -0.39 is 17.4 Å². The van der Waals surface area contributed by atoms with Gasteiger partial charge in [0.25, 0.3) is 6.43 Å². The number of hydrogen-bond donors (Lipinski definition) is 2. The van der Waals surface area contributed by atoms with Gasteiger partial charge in [0.1, 0.15) is 5.70 Å². The lowest BCUT2D eigenvalue weighted by atomic mass is 9.49. The zero-order valence-corrected chi connectivity index (χ0v) is 8.74. The minimum absolute atomic E-state index is 0.0989. The highest BCUT2D eigenvalue weighted by molar-refractivity contribution is 6.59. The van der Waals surface area contributed by atoms with E-state index in [4.69, 9.17) is 35.1 Å². The van der Waals surface area contributed by atoms with E-state index >= 15 is 0 Å². The fraction of sp³-hybridized carbons (Fsp3) is 0.714. The minimum Gasteiger partial charge on any atom is -0.400 e. The molecule has 4 N–H and O–H groups in total. The van der Waals surface area contributed by atoms with Crippen LogP contribution in [0.25, 0.3) is 0 Å². The molecule has 0 spiro atoms. The predicted octanol–water partition coefficient (Wildman–Crippen LogP) is -0.630. The third kappa shape index (κ3) is 3.78. The summed E-state index contributed by atoms with van der Waals surface area (Å²) in [5.74, 6) is 4.96. The van der Waals surface area contributed by atoms with Crippen molar-refractivity contribution >= 4 is 23.5 Å². The van der Waals surface area contributed by atoms with Gasteiger partial charge in [0.2, 0.25) is 0 Å². The standard InChI is InChI=1S/C7H12B3F2N3/c1-3(2)4(13)5(6(11)12)15(14)7(8,9)10/h3,6H,13-14H2,1-2H3/b5-4-. The molecule has 0 unspecified atom stereocenters. The van der Waals surface area contributed by atoms with Crippen LogP contribution < -0.4 is 11.6 Å². The maximum absolute atomic E-state index is 12.7. The van der Waals surface area contributed by atoms with Gasteiger partial charge in [-0.3, -0.25) is 0 Å². The molecule has 0 rings (SSSR count). The first-order valence-electron chi connectivity index (χ1n) is 4.28. The smallest absolute Gasteiger partial charge is 0.281 e. The number of nitrogens with two attached hydrogens (primary N) is 2.